The molecule has 0 unspecified atom stereocenters. The summed E-state index contributed by atoms with van der Waals surface area (Å²) in [6.07, 6.45) is 0. The number of halogens is 1. The van der Waals surface area contributed by atoms with Gasteiger partial charge in [-0.1, -0.05) is 17.7 Å². The smallest absolute Gasteiger partial charge is 0.271 e. The van der Waals surface area contributed by atoms with Crippen LogP contribution < -0.4 is 14.2 Å². The number of rotatable bonds is 8. The van der Waals surface area contributed by atoms with E-state index >= 15 is 0 Å². The van der Waals surface area contributed by atoms with Gasteiger partial charge in [0.2, 0.25) is 0 Å². The monoisotopic (exact) mass is 486 g/mol. The summed E-state index contributed by atoms with van der Waals surface area (Å²) in [4.78, 5) is -0.0797. The van der Waals surface area contributed by atoms with Crippen LogP contribution >= 0.6 is 22.9 Å². The molecule has 0 aliphatic rings. The van der Waals surface area contributed by atoms with Crippen molar-refractivity contribution in [2.45, 2.75) is 23.0 Å². The van der Waals surface area contributed by atoms with E-state index in [1.54, 1.807) is 31.2 Å². The molecular formula is C19H19ClN2O5S3. The normalized spacial score (nSPS) is 11.8. The maximum absolute atomic E-state index is 12.8. The van der Waals surface area contributed by atoms with Crippen LogP contribution in [0, 0.1) is 6.92 Å². The lowest BCUT2D eigenvalue weighted by Gasteiger charge is -2.13. The van der Waals surface area contributed by atoms with E-state index in [1.165, 1.54) is 30.3 Å². The summed E-state index contributed by atoms with van der Waals surface area (Å²) in [5, 5.41) is 0. The van der Waals surface area contributed by atoms with Gasteiger partial charge >= 0.3 is 0 Å². The Labute approximate surface area is 184 Å². The van der Waals surface area contributed by atoms with Crippen LogP contribution in [0.4, 0.5) is 11.4 Å². The van der Waals surface area contributed by atoms with Crippen molar-refractivity contribution in [3.63, 3.8) is 0 Å². The van der Waals surface area contributed by atoms with E-state index in [0.717, 1.165) is 11.3 Å². The maximum atomic E-state index is 12.8. The van der Waals surface area contributed by atoms with Gasteiger partial charge in [-0.15, -0.1) is 11.3 Å². The summed E-state index contributed by atoms with van der Waals surface area (Å²) in [7, 11) is -7.83. The zero-order chi connectivity index (χ0) is 21.9. The van der Waals surface area contributed by atoms with Crippen molar-refractivity contribution in [3.8, 4) is 5.75 Å². The molecule has 3 rings (SSSR count). The van der Waals surface area contributed by atoms with E-state index in [1.807, 2.05) is 6.92 Å². The number of aryl methyl sites for hydroxylation is 1. The first-order valence-corrected chi connectivity index (χ1v) is 12.9. The molecule has 0 amide bonds. The Bertz CT molecular complexity index is 1250. The average molecular weight is 487 g/mol. The summed E-state index contributed by atoms with van der Waals surface area (Å²) >= 11 is 6.73. The second kappa shape index (κ2) is 8.84. The Morgan fingerprint density at radius 2 is 1.63 bits per heavy atom. The third kappa shape index (κ3) is 5.25. The fourth-order valence-corrected chi connectivity index (χ4v) is 6.20. The van der Waals surface area contributed by atoms with Crippen molar-refractivity contribution in [2.24, 2.45) is 0 Å². The second-order valence-electron chi connectivity index (χ2n) is 6.20. The molecule has 0 aliphatic heterocycles. The number of ether oxygens (including phenoxy) is 1. The van der Waals surface area contributed by atoms with Gasteiger partial charge in [-0.05, 0) is 67.9 Å². The molecule has 1 aromatic heterocycles. The minimum atomic E-state index is -3.94. The van der Waals surface area contributed by atoms with Gasteiger partial charge in [0.15, 0.2) is 0 Å². The van der Waals surface area contributed by atoms with Crippen LogP contribution in [-0.4, -0.2) is 23.4 Å². The number of hydrogen-bond acceptors (Lipinski definition) is 6. The third-order valence-electron chi connectivity index (χ3n) is 3.99. The molecule has 0 radical (unpaired) electrons. The molecule has 0 spiro atoms. The quantitative estimate of drug-likeness (QED) is 0.480. The molecule has 160 valence electrons. The van der Waals surface area contributed by atoms with E-state index in [4.69, 9.17) is 16.3 Å². The first-order chi connectivity index (χ1) is 14.1. The average Bonchev–Trinajstić information content (AvgIpc) is 3.12. The second-order valence-corrected chi connectivity index (χ2v) is 11.5. The van der Waals surface area contributed by atoms with Gasteiger partial charge in [-0.3, -0.25) is 9.44 Å². The topological polar surface area (TPSA) is 102 Å². The van der Waals surface area contributed by atoms with Crippen LogP contribution in [0.25, 0.3) is 0 Å². The highest BCUT2D eigenvalue weighted by Crippen LogP contribution is 2.29. The minimum absolute atomic E-state index is 0.0349. The molecule has 0 bridgehead atoms. The summed E-state index contributed by atoms with van der Waals surface area (Å²) in [6.45, 7) is 4.03. The Morgan fingerprint density at radius 1 is 0.933 bits per heavy atom. The Kier molecular flexibility index (Phi) is 6.61. The van der Waals surface area contributed by atoms with E-state index in [2.05, 4.69) is 9.44 Å². The van der Waals surface area contributed by atoms with Crippen LogP contribution in [0.3, 0.4) is 0 Å². The van der Waals surface area contributed by atoms with Crippen molar-refractivity contribution < 1.29 is 21.6 Å². The van der Waals surface area contributed by atoms with Crippen LogP contribution in [0.1, 0.15) is 12.5 Å². The lowest BCUT2D eigenvalue weighted by atomic mass is 10.2. The van der Waals surface area contributed by atoms with Gasteiger partial charge in [0, 0.05) is 5.69 Å². The molecular weight excluding hydrogens is 468 g/mol. The van der Waals surface area contributed by atoms with Crippen molar-refractivity contribution in [1.29, 1.82) is 0 Å². The zero-order valence-electron chi connectivity index (χ0n) is 16.0. The summed E-state index contributed by atoms with van der Waals surface area (Å²) < 4.78 is 61.3. The van der Waals surface area contributed by atoms with Gasteiger partial charge in [-0.25, -0.2) is 16.8 Å². The molecule has 0 atom stereocenters. The van der Waals surface area contributed by atoms with Gasteiger partial charge in [0.25, 0.3) is 20.0 Å². The molecule has 2 aromatic carbocycles. The number of nitrogens with one attached hydrogen (secondary N) is 2. The molecule has 7 nitrogen and oxygen atoms in total. The first-order valence-electron chi connectivity index (χ1n) is 8.75. The van der Waals surface area contributed by atoms with Crippen molar-refractivity contribution in [2.75, 3.05) is 16.1 Å². The Hall–Kier alpha value is -2.27. The van der Waals surface area contributed by atoms with Crippen molar-refractivity contribution >= 4 is 54.4 Å². The molecule has 1 heterocycles. The molecule has 0 saturated heterocycles. The van der Waals surface area contributed by atoms with Crippen molar-refractivity contribution in [1.82, 2.24) is 0 Å². The Balaban J connectivity index is 1.86. The molecule has 0 aliphatic carbocycles. The molecule has 30 heavy (non-hydrogen) atoms. The zero-order valence-corrected chi connectivity index (χ0v) is 19.3. The fourth-order valence-electron chi connectivity index (χ4n) is 2.52. The summed E-state index contributed by atoms with van der Waals surface area (Å²) in [6, 6.07) is 13.6. The molecule has 11 heteroatoms. The summed E-state index contributed by atoms with van der Waals surface area (Å²) in [5.41, 5.74) is 1.09. The van der Waals surface area contributed by atoms with Gasteiger partial charge in [0.05, 0.1) is 21.5 Å². The SMILES string of the molecule is CCOc1ccc(NS(=O)(=O)c2ccc(C)c(NS(=O)(=O)c3ccc(Cl)s3)c2)cc1. The molecule has 0 saturated carbocycles. The van der Waals surface area contributed by atoms with E-state index < -0.39 is 20.0 Å². The minimum Gasteiger partial charge on any atom is -0.494 e. The van der Waals surface area contributed by atoms with Crippen LogP contribution in [0.5, 0.6) is 5.75 Å². The number of benzene rings is 2. The van der Waals surface area contributed by atoms with E-state index in [-0.39, 0.29) is 14.8 Å². The maximum Gasteiger partial charge on any atom is 0.271 e. The van der Waals surface area contributed by atoms with Crippen LogP contribution in [-0.2, 0) is 20.0 Å². The number of anilines is 2. The lowest BCUT2D eigenvalue weighted by Crippen LogP contribution is -2.15. The molecule has 2 N–H and O–H groups in total. The van der Waals surface area contributed by atoms with E-state index in [0.29, 0.717) is 27.9 Å². The van der Waals surface area contributed by atoms with Crippen molar-refractivity contribution in [3.05, 3.63) is 64.5 Å². The predicted octanol–water partition coefficient (Wildman–Crippen LogP) is 4.71. The largest absolute Gasteiger partial charge is 0.494 e. The van der Waals surface area contributed by atoms with Gasteiger partial charge in [-0.2, -0.15) is 0 Å². The van der Waals surface area contributed by atoms with Gasteiger partial charge < -0.3 is 4.74 Å². The molecule has 0 fully saturated rings. The molecule has 3 aromatic rings. The highest BCUT2D eigenvalue weighted by atomic mass is 35.5. The first kappa shape index (κ1) is 22.4. The number of sulfonamides is 2. The predicted molar refractivity (Wildman–Crippen MR) is 120 cm³/mol. The standard InChI is InChI=1S/C19H19ClN2O5S3/c1-3-27-15-7-5-14(6-8-15)21-29(23,24)16-9-4-13(2)17(12-16)22-30(25,26)19-11-10-18(20)28-19/h4-12,21-22H,3H2,1-2H3. The summed E-state index contributed by atoms with van der Waals surface area (Å²) in [5.74, 6) is 0.626. The number of hydrogen-bond donors (Lipinski definition) is 2. The fraction of sp³-hybridized carbons (Fsp3) is 0.158. The lowest BCUT2D eigenvalue weighted by molar-refractivity contribution is 0.340. The van der Waals surface area contributed by atoms with Gasteiger partial charge in [0.1, 0.15) is 9.96 Å². The van der Waals surface area contributed by atoms with Crippen LogP contribution in [0.2, 0.25) is 4.34 Å². The van der Waals surface area contributed by atoms with Crippen LogP contribution in [0.15, 0.2) is 63.7 Å². The Morgan fingerprint density at radius 3 is 2.23 bits per heavy atom. The highest BCUT2D eigenvalue weighted by Gasteiger charge is 2.20. The van der Waals surface area contributed by atoms with E-state index in [9.17, 15) is 16.8 Å². The third-order valence-corrected chi connectivity index (χ3v) is 8.46. The number of thiophene rings is 1. The highest BCUT2D eigenvalue weighted by molar-refractivity contribution is 7.94.